The van der Waals surface area contributed by atoms with Gasteiger partial charge in [0.1, 0.15) is 0 Å². The highest BCUT2D eigenvalue weighted by Crippen LogP contribution is 2.22. The van der Waals surface area contributed by atoms with E-state index in [1.54, 1.807) is 25.2 Å². The number of carbonyl (C=O) groups excluding carboxylic acids is 1. The summed E-state index contributed by atoms with van der Waals surface area (Å²) in [7, 11) is 1.54. The van der Waals surface area contributed by atoms with Crippen molar-refractivity contribution in [2.45, 2.75) is 6.42 Å². The number of nitrogens with zero attached hydrogens (tertiary/aromatic N) is 1. The fourth-order valence-electron chi connectivity index (χ4n) is 1.23. The third-order valence-corrected chi connectivity index (χ3v) is 2.99. The van der Waals surface area contributed by atoms with Gasteiger partial charge >= 0.3 is 5.97 Å². The summed E-state index contributed by atoms with van der Waals surface area (Å²) in [6.07, 6.45) is -0.0894. The Labute approximate surface area is 112 Å². The number of carbonyl (C=O) groups is 2. The number of hydrogen-bond donors (Lipinski definition) is 1. The van der Waals surface area contributed by atoms with Gasteiger partial charge in [-0.1, -0.05) is 27.5 Å². The van der Waals surface area contributed by atoms with Crippen molar-refractivity contribution in [3.05, 3.63) is 33.3 Å². The fourth-order valence-corrected chi connectivity index (χ4v) is 1.79. The van der Waals surface area contributed by atoms with Crippen molar-refractivity contribution < 1.29 is 14.7 Å². The molecule has 0 aromatic heterocycles. The molecule has 0 spiro atoms. The molecular weight excluding hydrogens is 309 g/mol. The lowest BCUT2D eigenvalue weighted by atomic mass is 10.2. The maximum Gasteiger partial charge on any atom is 0.305 e. The molecule has 1 aromatic rings. The second-order valence-corrected chi connectivity index (χ2v) is 4.82. The first kappa shape index (κ1) is 14.0. The van der Waals surface area contributed by atoms with Crippen LogP contribution in [0.3, 0.4) is 0 Å². The molecule has 0 heterocycles. The number of aliphatic carboxylic acids is 1. The van der Waals surface area contributed by atoms with E-state index in [0.29, 0.717) is 10.6 Å². The highest BCUT2D eigenvalue weighted by molar-refractivity contribution is 9.10. The van der Waals surface area contributed by atoms with Crippen LogP contribution in [0, 0.1) is 0 Å². The van der Waals surface area contributed by atoms with Crippen molar-refractivity contribution >= 4 is 39.4 Å². The molecule has 0 fully saturated rings. The van der Waals surface area contributed by atoms with Crippen molar-refractivity contribution in [2.24, 2.45) is 0 Å². The van der Waals surface area contributed by atoms with Crippen LogP contribution in [-0.2, 0) is 4.79 Å². The van der Waals surface area contributed by atoms with E-state index in [0.717, 1.165) is 4.47 Å². The molecule has 0 unspecified atom stereocenters. The zero-order valence-electron chi connectivity index (χ0n) is 9.11. The SMILES string of the molecule is CN(CCC(=O)O)C(=O)c1cc(Br)ccc1Cl. The molecule has 0 saturated heterocycles. The Morgan fingerprint density at radius 2 is 2.12 bits per heavy atom. The van der Waals surface area contributed by atoms with E-state index in [1.165, 1.54) is 4.90 Å². The summed E-state index contributed by atoms with van der Waals surface area (Å²) in [6.45, 7) is 0.150. The van der Waals surface area contributed by atoms with Crippen LogP contribution in [0.2, 0.25) is 5.02 Å². The summed E-state index contributed by atoms with van der Waals surface area (Å²) < 4.78 is 0.747. The largest absolute Gasteiger partial charge is 0.481 e. The Morgan fingerprint density at radius 1 is 1.47 bits per heavy atom. The molecule has 1 rings (SSSR count). The summed E-state index contributed by atoms with van der Waals surface area (Å²) in [6, 6.07) is 4.96. The molecule has 0 radical (unpaired) electrons. The van der Waals surface area contributed by atoms with E-state index in [2.05, 4.69) is 15.9 Å². The molecule has 17 heavy (non-hydrogen) atoms. The molecular formula is C11H11BrClNO3. The summed E-state index contributed by atoms with van der Waals surface area (Å²) in [5, 5.41) is 8.89. The summed E-state index contributed by atoms with van der Waals surface area (Å²) in [5.41, 5.74) is 0.355. The maximum absolute atomic E-state index is 12.0. The predicted molar refractivity (Wildman–Crippen MR) is 68.4 cm³/mol. The van der Waals surface area contributed by atoms with Gasteiger partial charge in [-0.3, -0.25) is 9.59 Å². The van der Waals surface area contributed by atoms with Gasteiger partial charge in [-0.25, -0.2) is 0 Å². The van der Waals surface area contributed by atoms with E-state index < -0.39 is 5.97 Å². The van der Waals surface area contributed by atoms with Gasteiger partial charge in [0.15, 0.2) is 0 Å². The van der Waals surface area contributed by atoms with E-state index in [9.17, 15) is 9.59 Å². The second-order valence-electron chi connectivity index (χ2n) is 3.49. The van der Waals surface area contributed by atoms with Gasteiger partial charge in [0.05, 0.1) is 17.0 Å². The van der Waals surface area contributed by atoms with Crippen LogP contribution in [0.5, 0.6) is 0 Å². The second kappa shape index (κ2) is 6.02. The Bertz CT molecular complexity index is 450. The molecule has 4 nitrogen and oxygen atoms in total. The zero-order valence-corrected chi connectivity index (χ0v) is 11.5. The predicted octanol–water partition coefficient (Wildman–Crippen LogP) is 2.65. The number of benzene rings is 1. The lowest BCUT2D eigenvalue weighted by molar-refractivity contribution is -0.137. The molecule has 1 aromatic carbocycles. The van der Waals surface area contributed by atoms with Gasteiger partial charge in [0, 0.05) is 18.1 Å². The fraction of sp³-hybridized carbons (Fsp3) is 0.273. The van der Waals surface area contributed by atoms with Gasteiger partial charge in [-0.15, -0.1) is 0 Å². The first-order chi connectivity index (χ1) is 7.91. The van der Waals surface area contributed by atoms with Crippen molar-refractivity contribution in [1.82, 2.24) is 4.90 Å². The van der Waals surface area contributed by atoms with Gasteiger partial charge in [0.25, 0.3) is 5.91 Å². The van der Waals surface area contributed by atoms with Gasteiger partial charge in [-0.05, 0) is 18.2 Å². The van der Waals surface area contributed by atoms with Crippen molar-refractivity contribution in [3.63, 3.8) is 0 Å². The normalized spacial score (nSPS) is 10.1. The van der Waals surface area contributed by atoms with Gasteiger partial charge in [-0.2, -0.15) is 0 Å². The Balaban J connectivity index is 2.81. The van der Waals surface area contributed by atoms with Gasteiger partial charge in [0.2, 0.25) is 0 Å². The van der Waals surface area contributed by atoms with Crippen molar-refractivity contribution in [1.29, 1.82) is 0 Å². The average Bonchev–Trinajstić information content (AvgIpc) is 2.28. The van der Waals surface area contributed by atoms with Crippen LogP contribution in [0.1, 0.15) is 16.8 Å². The van der Waals surface area contributed by atoms with Crippen LogP contribution >= 0.6 is 27.5 Å². The summed E-state index contributed by atoms with van der Waals surface area (Å²) in [4.78, 5) is 23.7. The van der Waals surface area contributed by atoms with Crippen LogP contribution in [0.4, 0.5) is 0 Å². The molecule has 1 N–H and O–H groups in total. The molecule has 92 valence electrons. The van der Waals surface area contributed by atoms with Crippen LogP contribution in [-0.4, -0.2) is 35.5 Å². The minimum Gasteiger partial charge on any atom is -0.481 e. The van der Waals surface area contributed by atoms with Crippen LogP contribution in [0.15, 0.2) is 22.7 Å². The molecule has 0 aliphatic rings. The Morgan fingerprint density at radius 3 is 2.71 bits per heavy atom. The number of carboxylic acid groups (broad SMARTS) is 1. The van der Waals surface area contributed by atoms with E-state index in [4.69, 9.17) is 16.7 Å². The van der Waals surface area contributed by atoms with Crippen LogP contribution in [0.25, 0.3) is 0 Å². The molecule has 1 amide bonds. The first-order valence-electron chi connectivity index (χ1n) is 4.84. The van der Waals surface area contributed by atoms with E-state index >= 15 is 0 Å². The highest BCUT2D eigenvalue weighted by Gasteiger charge is 2.16. The minimum absolute atomic E-state index is 0.0894. The molecule has 0 saturated carbocycles. The van der Waals surface area contributed by atoms with Crippen molar-refractivity contribution in [3.8, 4) is 0 Å². The lowest BCUT2D eigenvalue weighted by Crippen LogP contribution is -2.29. The van der Waals surface area contributed by atoms with Crippen molar-refractivity contribution in [2.75, 3.05) is 13.6 Å². The maximum atomic E-state index is 12.0. The summed E-state index contributed by atoms with van der Waals surface area (Å²) >= 11 is 9.17. The Hall–Kier alpha value is -1.07. The quantitative estimate of drug-likeness (QED) is 0.928. The monoisotopic (exact) mass is 319 g/mol. The molecule has 0 aliphatic carbocycles. The number of halogens is 2. The smallest absolute Gasteiger partial charge is 0.305 e. The number of amides is 1. The highest BCUT2D eigenvalue weighted by atomic mass is 79.9. The Kier molecular flexibility index (Phi) is 4.96. The zero-order chi connectivity index (χ0) is 13.0. The third kappa shape index (κ3) is 4.02. The summed E-state index contributed by atoms with van der Waals surface area (Å²) in [5.74, 6) is -1.23. The van der Waals surface area contributed by atoms with Crippen LogP contribution < -0.4 is 0 Å². The molecule has 0 bridgehead atoms. The average molecular weight is 321 g/mol. The molecule has 0 aliphatic heterocycles. The van der Waals surface area contributed by atoms with Gasteiger partial charge < -0.3 is 10.0 Å². The standard InChI is InChI=1S/C11H11BrClNO3/c1-14(5-4-10(15)16)11(17)8-6-7(12)2-3-9(8)13/h2-3,6H,4-5H2,1H3,(H,15,16). The number of hydrogen-bond acceptors (Lipinski definition) is 2. The minimum atomic E-state index is -0.940. The number of carboxylic acids is 1. The number of rotatable bonds is 4. The molecule has 0 atom stereocenters. The first-order valence-corrected chi connectivity index (χ1v) is 6.01. The molecule has 6 heteroatoms. The topological polar surface area (TPSA) is 57.6 Å². The van der Waals surface area contributed by atoms with E-state index in [-0.39, 0.29) is 18.9 Å². The third-order valence-electron chi connectivity index (χ3n) is 2.17. The van der Waals surface area contributed by atoms with E-state index in [1.807, 2.05) is 0 Å². The lowest BCUT2D eigenvalue weighted by Gasteiger charge is -2.16.